The lowest BCUT2D eigenvalue weighted by atomic mass is 9.92. The number of benzene rings is 1. The highest BCUT2D eigenvalue weighted by Crippen LogP contribution is 2.36. The van der Waals surface area contributed by atoms with Crippen LogP contribution in [0.1, 0.15) is 37.0 Å². The number of rotatable bonds is 4. The minimum Gasteiger partial charge on any atom is -0.492 e. The third-order valence-corrected chi connectivity index (χ3v) is 3.87. The average molecular weight is 303 g/mol. The van der Waals surface area contributed by atoms with Gasteiger partial charge in [-0.1, -0.05) is 23.2 Å². The molecule has 1 heterocycles. The third-order valence-electron chi connectivity index (χ3n) is 3.27. The van der Waals surface area contributed by atoms with Crippen LogP contribution >= 0.6 is 23.2 Å². The Morgan fingerprint density at radius 1 is 1.42 bits per heavy atom. The van der Waals surface area contributed by atoms with Crippen LogP contribution in [0.25, 0.3) is 0 Å². The predicted octanol–water partition coefficient (Wildman–Crippen LogP) is 4.14. The first-order chi connectivity index (χ1) is 8.98. The predicted molar refractivity (Wildman–Crippen MR) is 75.6 cm³/mol. The summed E-state index contributed by atoms with van der Waals surface area (Å²) in [5.41, 5.74) is -0.403. The van der Waals surface area contributed by atoms with Crippen molar-refractivity contribution in [1.82, 2.24) is 0 Å². The van der Waals surface area contributed by atoms with Crippen LogP contribution in [-0.2, 0) is 4.74 Å². The molecule has 1 aliphatic rings. The molecule has 0 N–H and O–H groups in total. The first-order valence-electron chi connectivity index (χ1n) is 6.28. The van der Waals surface area contributed by atoms with Crippen LogP contribution in [0.5, 0.6) is 5.75 Å². The van der Waals surface area contributed by atoms with Gasteiger partial charge in [-0.2, -0.15) is 0 Å². The SMILES string of the molecule is CCOc1cc(Cl)c(C(=O)C2(C)CCCO2)cc1Cl. The van der Waals surface area contributed by atoms with Gasteiger partial charge in [-0.15, -0.1) is 0 Å². The molecular weight excluding hydrogens is 287 g/mol. The Bertz CT molecular complexity index is 494. The first-order valence-corrected chi connectivity index (χ1v) is 7.04. The van der Waals surface area contributed by atoms with Gasteiger partial charge < -0.3 is 9.47 Å². The van der Waals surface area contributed by atoms with Crippen molar-refractivity contribution in [2.75, 3.05) is 13.2 Å². The maximum Gasteiger partial charge on any atom is 0.195 e. The van der Waals surface area contributed by atoms with Crippen LogP contribution in [0.2, 0.25) is 10.0 Å². The molecule has 2 rings (SSSR count). The fourth-order valence-electron chi connectivity index (χ4n) is 2.21. The number of hydrogen-bond donors (Lipinski definition) is 0. The maximum absolute atomic E-state index is 12.5. The summed E-state index contributed by atoms with van der Waals surface area (Å²) in [5, 5.41) is 0.728. The Balaban J connectivity index is 2.35. The summed E-state index contributed by atoms with van der Waals surface area (Å²) in [6.07, 6.45) is 1.58. The molecule has 0 bridgehead atoms. The Hall–Kier alpha value is -0.770. The molecule has 0 aromatic heterocycles. The van der Waals surface area contributed by atoms with Crippen molar-refractivity contribution < 1.29 is 14.3 Å². The lowest BCUT2D eigenvalue weighted by Crippen LogP contribution is -2.34. The molecule has 1 saturated heterocycles. The lowest BCUT2D eigenvalue weighted by molar-refractivity contribution is 0.0213. The number of carbonyl (C=O) groups excluding carboxylic acids is 1. The molecule has 104 valence electrons. The topological polar surface area (TPSA) is 35.5 Å². The standard InChI is InChI=1S/C14H16Cl2O3/c1-3-18-12-8-10(15)9(7-11(12)16)13(17)14(2)5-4-6-19-14/h7-8H,3-6H2,1-2H3. The van der Waals surface area contributed by atoms with Gasteiger partial charge in [0.15, 0.2) is 5.78 Å². The molecular formula is C14H16Cl2O3. The molecule has 0 aliphatic carbocycles. The molecule has 1 fully saturated rings. The van der Waals surface area contributed by atoms with Gasteiger partial charge in [-0.05, 0) is 32.8 Å². The molecule has 19 heavy (non-hydrogen) atoms. The molecule has 1 unspecified atom stereocenters. The molecule has 1 atom stereocenters. The number of halogens is 2. The normalized spacial score (nSPS) is 22.5. The van der Waals surface area contributed by atoms with Gasteiger partial charge in [-0.3, -0.25) is 4.79 Å². The van der Waals surface area contributed by atoms with Gasteiger partial charge >= 0.3 is 0 Å². The number of ether oxygens (including phenoxy) is 2. The highest BCUT2D eigenvalue weighted by atomic mass is 35.5. The number of Topliss-reactive ketones (excluding diaryl/α,β-unsaturated/α-hetero) is 1. The summed E-state index contributed by atoms with van der Waals surface area (Å²) >= 11 is 12.3. The molecule has 5 heteroatoms. The van der Waals surface area contributed by atoms with Gasteiger partial charge in [0.25, 0.3) is 0 Å². The van der Waals surface area contributed by atoms with Gasteiger partial charge in [-0.25, -0.2) is 0 Å². The van der Waals surface area contributed by atoms with Crippen molar-refractivity contribution >= 4 is 29.0 Å². The molecule has 1 aromatic rings. The van der Waals surface area contributed by atoms with Gasteiger partial charge in [0.05, 0.1) is 16.7 Å². The molecule has 0 radical (unpaired) electrons. The minimum atomic E-state index is -0.792. The quantitative estimate of drug-likeness (QED) is 0.784. The summed E-state index contributed by atoms with van der Waals surface area (Å²) in [7, 11) is 0. The summed E-state index contributed by atoms with van der Waals surface area (Å²) < 4.78 is 10.9. The second-order valence-electron chi connectivity index (χ2n) is 4.71. The smallest absolute Gasteiger partial charge is 0.195 e. The van der Waals surface area contributed by atoms with Crippen LogP contribution in [0.15, 0.2) is 12.1 Å². The Morgan fingerprint density at radius 2 is 2.16 bits per heavy atom. The van der Waals surface area contributed by atoms with E-state index in [0.29, 0.717) is 41.0 Å². The van der Waals surface area contributed by atoms with Crippen molar-refractivity contribution in [3.8, 4) is 5.75 Å². The Morgan fingerprint density at radius 3 is 2.74 bits per heavy atom. The molecule has 0 amide bonds. The van der Waals surface area contributed by atoms with Crippen molar-refractivity contribution in [3.05, 3.63) is 27.7 Å². The van der Waals surface area contributed by atoms with Crippen molar-refractivity contribution in [1.29, 1.82) is 0 Å². The lowest BCUT2D eigenvalue weighted by Gasteiger charge is -2.22. The maximum atomic E-state index is 12.5. The largest absolute Gasteiger partial charge is 0.492 e. The third kappa shape index (κ3) is 2.88. The zero-order valence-electron chi connectivity index (χ0n) is 11.0. The van der Waals surface area contributed by atoms with E-state index in [9.17, 15) is 4.79 Å². The van der Waals surface area contributed by atoms with Crippen LogP contribution in [0.3, 0.4) is 0 Å². The summed E-state index contributed by atoms with van der Waals surface area (Å²) in [4.78, 5) is 12.5. The summed E-state index contributed by atoms with van der Waals surface area (Å²) in [6.45, 7) is 4.74. The van der Waals surface area contributed by atoms with E-state index in [1.54, 1.807) is 19.1 Å². The van der Waals surface area contributed by atoms with Crippen LogP contribution < -0.4 is 4.74 Å². The van der Waals surface area contributed by atoms with Crippen molar-refractivity contribution in [2.45, 2.75) is 32.3 Å². The van der Waals surface area contributed by atoms with E-state index in [1.165, 1.54) is 0 Å². The molecule has 1 aromatic carbocycles. The fourth-order valence-corrected chi connectivity index (χ4v) is 2.67. The van der Waals surface area contributed by atoms with E-state index >= 15 is 0 Å². The van der Waals surface area contributed by atoms with Crippen LogP contribution in [-0.4, -0.2) is 24.6 Å². The minimum absolute atomic E-state index is 0.125. The van der Waals surface area contributed by atoms with E-state index in [1.807, 2.05) is 6.92 Å². The van der Waals surface area contributed by atoms with Crippen molar-refractivity contribution in [3.63, 3.8) is 0 Å². The van der Waals surface area contributed by atoms with Gasteiger partial charge in [0.2, 0.25) is 0 Å². The Labute approximate surface area is 122 Å². The van der Waals surface area contributed by atoms with Gasteiger partial charge in [0.1, 0.15) is 11.4 Å². The van der Waals surface area contributed by atoms with Crippen molar-refractivity contribution in [2.24, 2.45) is 0 Å². The summed E-state index contributed by atoms with van der Waals surface area (Å²) in [5.74, 6) is 0.364. The highest BCUT2D eigenvalue weighted by Gasteiger charge is 2.39. The zero-order chi connectivity index (χ0) is 14.0. The van der Waals surface area contributed by atoms with E-state index < -0.39 is 5.60 Å². The van der Waals surface area contributed by atoms with Crippen LogP contribution in [0, 0.1) is 0 Å². The van der Waals surface area contributed by atoms with E-state index in [2.05, 4.69) is 0 Å². The number of carbonyl (C=O) groups is 1. The van der Waals surface area contributed by atoms with E-state index in [-0.39, 0.29) is 5.78 Å². The zero-order valence-corrected chi connectivity index (χ0v) is 12.5. The summed E-state index contributed by atoms with van der Waals surface area (Å²) in [6, 6.07) is 3.14. The molecule has 1 aliphatic heterocycles. The fraction of sp³-hybridized carbons (Fsp3) is 0.500. The number of hydrogen-bond acceptors (Lipinski definition) is 3. The average Bonchev–Trinajstić information content (AvgIpc) is 2.81. The molecule has 0 saturated carbocycles. The van der Waals surface area contributed by atoms with Gasteiger partial charge in [0, 0.05) is 18.2 Å². The highest BCUT2D eigenvalue weighted by molar-refractivity contribution is 6.37. The van der Waals surface area contributed by atoms with E-state index in [0.717, 1.165) is 6.42 Å². The second kappa shape index (κ2) is 5.70. The number of ketones is 1. The molecule has 0 spiro atoms. The first kappa shape index (κ1) is 14.6. The monoisotopic (exact) mass is 302 g/mol. The van der Waals surface area contributed by atoms with E-state index in [4.69, 9.17) is 32.7 Å². The van der Waals surface area contributed by atoms with Crippen LogP contribution in [0.4, 0.5) is 0 Å². The Kier molecular flexibility index (Phi) is 4.39. The molecule has 3 nitrogen and oxygen atoms in total. The second-order valence-corrected chi connectivity index (χ2v) is 5.52.